The molecule has 2 aromatic rings. The third-order valence-electron chi connectivity index (χ3n) is 2.62. The second-order valence-corrected chi connectivity index (χ2v) is 4.49. The molecule has 2 rings (SSSR count). The number of nitrogens with zero attached hydrogens (tertiary/aromatic N) is 1. The minimum absolute atomic E-state index is 0.213. The molecule has 0 saturated carbocycles. The molecule has 0 heterocycles. The highest BCUT2D eigenvalue weighted by molar-refractivity contribution is 7.80. The fourth-order valence-electron chi connectivity index (χ4n) is 1.57. The zero-order chi connectivity index (χ0) is 15.1. The number of hydrogen-bond acceptors (Lipinski definition) is 3. The summed E-state index contributed by atoms with van der Waals surface area (Å²) in [5, 5.41) is 6.92. The molecule has 2 N–H and O–H groups in total. The Morgan fingerprint density at radius 2 is 1.90 bits per heavy atom. The summed E-state index contributed by atoms with van der Waals surface area (Å²) in [7, 11) is 1.61. The predicted molar refractivity (Wildman–Crippen MR) is 86.3 cm³/mol. The first-order valence-electron chi connectivity index (χ1n) is 6.17. The Morgan fingerprint density at radius 3 is 2.57 bits per heavy atom. The number of hydrazone groups is 1. The van der Waals surface area contributed by atoms with E-state index in [1.807, 2.05) is 24.3 Å². The summed E-state index contributed by atoms with van der Waals surface area (Å²) in [5.41, 5.74) is 3.81. The van der Waals surface area contributed by atoms with Crippen molar-refractivity contribution in [2.45, 2.75) is 0 Å². The van der Waals surface area contributed by atoms with Crippen LogP contribution in [-0.4, -0.2) is 18.4 Å². The van der Waals surface area contributed by atoms with Gasteiger partial charge in [0.1, 0.15) is 11.6 Å². The van der Waals surface area contributed by atoms with Crippen LogP contribution in [0.15, 0.2) is 53.6 Å². The summed E-state index contributed by atoms with van der Waals surface area (Å²) in [5.74, 6) is 0.401. The van der Waals surface area contributed by atoms with Gasteiger partial charge in [0.25, 0.3) is 0 Å². The third-order valence-corrected chi connectivity index (χ3v) is 2.81. The van der Waals surface area contributed by atoms with Gasteiger partial charge in [-0.25, -0.2) is 4.39 Å². The lowest BCUT2D eigenvalue weighted by atomic mass is 10.2. The van der Waals surface area contributed by atoms with Gasteiger partial charge < -0.3 is 10.1 Å². The van der Waals surface area contributed by atoms with Crippen molar-refractivity contribution >= 4 is 29.2 Å². The predicted octanol–water partition coefficient (Wildman–Crippen LogP) is 3.15. The molecule has 2 aromatic carbocycles. The average molecular weight is 303 g/mol. The van der Waals surface area contributed by atoms with Gasteiger partial charge in [-0.3, -0.25) is 5.43 Å². The molecule has 0 aliphatic rings. The van der Waals surface area contributed by atoms with Gasteiger partial charge in [-0.05, 0) is 54.2 Å². The van der Waals surface area contributed by atoms with E-state index in [9.17, 15) is 4.39 Å². The number of halogens is 1. The Kier molecular flexibility index (Phi) is 5.22. The second kappa shape index (κ2) is 7.35. The van der Waals surface area contributed by atoms with E-state index in [0.29, 0.717) is 5.69 Å². The number of rotatable bonds is 4. The van der Waals surface area contributed by atoms with Gasteiger partial charge in [0.2, 0.25) is 0 Å². The first-order chi connectivity index (χ1) is 10.2. The first-order valence-corrected chi connectivity index (χ1v) is 6.58. The first kappa shape index (κ1) is 14.9. The number of ether oxygens (including phenoxy) is 1. The standard InChI is InChI=1S/C15H14FN3OS/c1-20-12-8-6-11(7-9-12)10-17-19-15(21)18-14-5-3-2-4-13(14)16/h2-10H,1H3,(H2,18,19,21)/b17-10+. The second-order valence-electron chi connectivity index (χ2n) is 4.08. The molecule has 0 aliphatic heterocycles. The maximum absolute atomic E-state index is 13.4. The van der Waals surface area contributed by atoms with Crippen LogP contribution in [0.1, 0.15) is 5.56 Å². The normalized spacial score (nSPS) is 10.4. The molecular formula is C15H14FN3OS. The average Bonchev–Trinajstić information content (AvgIpc) is 2.50. The van der Waals surface area contributed by atoms with Crippen LogP contribution in [0, 0.1) is 5.82 Å². The lowest BCUT2D eigenvalue weighted by molar-refractivity contribution is 0.415. The molecule has 0 atom stereocenters. The molecule has 0 saturated heterocycles. The van der Waals surface area contributed by atoms with E-state index in [-0.39, 0.29) is 10.9 Å². The topological polar surface area (TPSA) is 45.6 Å². The number of methoxy groups -OCH3 is 1. The van der Waals surface area contributed by atoms with E-state index in [1.54, 1.807) is 31.5 Å². The van der Waals surface area contributed by atoms with Crippen molar-refractivity contribution in [3.63, 3.8) is 0 Å². The maximum atomic E-state index is 13.4. The van der Waals surface area contributed by atoms with Gasteiger partial charge in [0.05, 0.1) is 19.0 Å². The molecule has 4 nitrogen and oxygen atoms in total. The largest absolute Gasteiger partial charge is 0.497 e. The summed E-state index contributed by atoms with van der Waals surface area (Å²) in [6.45, 7) is 0. The molecule has 0 aromatic heterocycles. The van der Waals surface area contributed by atoms with Gasteiger partial charge in [-0.1, -0.05) is 12.1 Å². The Bertz CT molecular complexity index is 644. The Morgan fingerprint density at radius 1 is 1.19 bits per heavy atom. The van der Waals surface area contributed by atoms with Crippen molar-refractivity contribution in [3.8, 4) is 5.75 Å². The van der Waals surface area contributed by atoms with Crippen molar-refractivity contribution in [3.05, 3.63) is 59.9 Å². The molecule has 108 valence electrons. The van der Waals surface area contributed by atoms with E-state index in [0.717, 1.165) is 11.3 Å². The van der Waals surface area contributed by atoms with Crippen LogP contribution in [0.3, 0.4) is 0 Å². The highest BCUT2D eigenvalue weighted by atomic mass is 32.1. The molecule has 0 bridgehead atoms. The van der Waals surface area contributed by atoms with Crippen molar-refractivity contribution in [1.29, 1.82) is 0 Å². The van der Waals surface area contributed by atoms with E-state index < -0.39 is 0 Å². The molecule has 6 heteroatoms. The minimum atomic E-state index is -0.374. The molecule has 0 aliphatic carbocycles. The molecule has 0 spiro atoms. The van der Waals surface area contributed by atoms with E-state index in [4.69, 9.17) is 17.0 Å². The zero-order valence-electron chi connectivity index (χ0n) is 11.3. The van der Waals surface area contributed by atoms with Gasteiger partial charge in [0.15, 0.2) is 5.11 Å². The van der Waals surface area contributed by atoms with Crippen molar-refractivity contribution in [1.82, 2.24) is 5.43 Å². The van der Waals surface area contributed by atoms with Crippen molar-refractivity contribution < 1.29 is 9.13 Å². The number of nitrogens with one attached hydrogen (secondary N) is 2. The van der Waals surface area contributed by atoms with Crippen LogP contribution in [0.5, 0.6) is 5.75 Å². The van der Waals surface area contributed by atoms with Crippen LogP contribution < -0.4 is 15.5 Å². The molecule has 0 radical (unpaired) electrons. The number of anilines is 1. The van der Waals surface area contributed by atoms with E-state index >= 15 is 0 Å². The maximum Gasteiger partial charge on any atom is 0.191 e. The lowest BCUT2D eigenvalue weighted by Gasteiger charge is -2.07. The van der Waals surface area contributed by atoms with Crippen LogP contribution in [0.4, 0.5) is 10.1 Å². The highest BCUT2D eigenvalue weighted by Crippen LogP contribution is 2.12. The van der Waals surface area contributed by atoms with Crippen LogP contribution in [0.2, 0.25) is 0 Å². The van der Waals surface area contributed by atoms with E-state index in [2.05, 4.69) is 15.8 Å². The fraction of sp³-hybridized carbons (Fsp3) is 0.0667. The van der Waals surface area contributed by atoms with Gasteiger partial charge in [0, 0.05) is 0 Å². The van der Waals surface area contributed by atoms with Crippen LogP contribution in [0.25, 0.3) is 0 Å². The molecule has 0 unspecified atom stereocenters. The SMILES string of the molecule is COc1ccc(/C=N/NC(=S)Nc2ccccc2F)cc1. The number of hydrogen-bond donors (Lipinski definition) is 2. The van der Waals surface area contributed by atoms with Crippen molar-refractivity contribution in [2.75, 3.05) is 12.4 Å². The summed E-state index contributed by atoms with van der Waals surface area (Å²) >= 11 is 5.03. The molecule has 21 heavy (non-hydrogen) atoms. The number of benzene rings is 2. The third kappa shape index (κ3) is 4.54. The number of thiocarbonyl (C=S) groups is 1. The highest BCUT2D eigenvalue weighted by Gasteiger charge is 2.01. The molecular weight excluding hydrogens is 289 g/mol. The van der Waals surface area contributed by atoms with Crippen LogP contribution in [-0.2, 0) is 0 Å². The smallest absolute Gasteiger partial charge is 0.191 e. The summed E-state index contributed by atoms with van der Waals surface area (Å²) in [4.78, 5) is 0. The van der Waals surface area contributed by atoms with Gasteiger partial charge in [-0.2, -0.15) is 5.10 Å². The fourth-order valence-corrected chi connectivity index (χ4v) is 1.73. The Labute approximate surface area is 127 Å². The van der Waals surface area contributed by atoms with Crippen molar-refractivity contribution in [2.24, 2.45) is 5.10 Å². The summed E-state index contributed by atoms with van der Waals surface area (Å²) in [6.07, 6.45) is 1.61. The van der Waals surface area contributed by atoms with Gasteiger partial charge >= 0.3 is 0 Å². The Hall–Kier alpha value is -2.47. The van der Waals surface area contributed by atoms with Crippen LogP contribution >= 0.6 is 12.2 Å². The van der Waals surface area contributed by atoms with Gasteiger partial charge in [-0.15, -0.1) is 0 Å². The Balaban J connectivity index is 1.88. The summed E-state index contributed by atoms with van der Waals surface area (Å²) < 4.78 is 18.5. The number of para-hydroxylation sites is 1. The quantitative estimate of drug-likeness (QED) is 0.517. The molecule has 0 amide bonds. The van der Waals surface area contributed by atoms with E-state index in [1.165, 1.54) is 6.07 Å². The lowest BCUT2D eigenvalue weighted by Crippen LogP contribution is -2.24. The minimum Gasteiger partial charge on any atom is -0.497 e. The summed E-state index contributed by atoms with van der Waals surface area (Å²) in [6, 6.07) is 13.7. The zero-order valence-corrected chi connectivity index (χ0v) is 12.2. The molecule has 0 fully saturated rings. The monoisotopic (exact) mass is 303 g/mol.